The van der Waals surface area contributed by atoms with Gasteiger partial charge in [-0.2, -0.15) is 4.68 Å². The summed E-state index contributed by atoms with van der Waals surface area (Å²) >= 11 is 0. The number of Topliss-reactive ketones (excluding diaryl/α,β-unsaturated/α-hetero) is 1. The topological polar surface area (TPSA) is 121 Å². The van der Waals surface area contributed by atoms with Crippen molar-refractivity contribution in [3.63, 3.8) is 0 Å². The molecule has 10 heteroatoms. The van der Waals surface area contributed by atoms with Crippen LogP contribution in [0.2, 0.25) is 0 Å². The zero-order valence-electron chi connectivity index (χ0n) is 14.9. The molecule has 0 aliphatic carbocycles. The molecule has 0 unspecified atom stereocenters. The number of allylic oxidation sites excluding steroid dienone is 1. The van der Waals surface area contributed by atoms with Crippen LogP contribution in [0, 0.1) is 0 Å². The molecule has 2 aromatic heterocycles. The summed E-state index contributed by atoms with van der Waals surface area (Å²) in [6, 6.07) is 9.05. The van der Waals surface area contributed by atoms with Gasteiger partial charge < -0.3 is 19.2 Å². The first-order chi connectivity index (χ1) is 13.6. The lowest BCUT2D eigenvalue weighted by atomic mass is 9.92. The second kappa shape index (κ2) is 6.99. The Labute approximate surface area is 158 Å². The lowest BCUT2D eigenvalue weighted by Gasteiger charge is -2.26. The number of anilines is 1. The van der Waals surface area contributed by atoms with Crippen LogP contribution in [0.5, 0.6) is 5.75 Å². The Kier molecular flexibility index (Phi) is 4.36. The lowest BCUT2D eigenvalue weighted by Crippen LogP contribution is -2.32. The number of methoxy groups -OCH3 is 2. The lowest BCUT2D eigenvalue weighted by molar-refractivity contribution is -0.136. The zero-order chi connectivity index (χ0) is 19.7. The maximum atomic E-state index is 13.4. The molecule has 0 saturated carbocycles. The van der Waals surface area contributed by atoms with E-state index in [4.69, 9.17) is 13.9 Å². The predicted octanol–water partition coefficient (Wildman–Crippen LogP) is 1.60. The van der Waals surface area contributed by atoms with Gasteiger partial charge in [-0.15, -0.1) is 0 Å². The van der Waals surface area contributed by atoms with Gasteiger partial charge in [-0.3, -0.25) is 4.79 Å². The minimum Gasteiger partial charge on any atom is -0.497 e. The number of carbonyl (C=O) groups excluding carboxylic acids is 2. The number of furan rings is 1. The number of tetrazole rings is 1. The number of rotatable bonds is 5. The fraction of sp³-hybridized carbons (Fsp3) is 0.167. The van der Waals surface area contributed by atoms with Crippen LogP contribution in [0.25, 0.3) is 0 Å². The van der Waals surface area contributed by atoms with Crippen LogP contribution >= 0.6 is 0 Å². The van der Waals surface area contributed by atoms with Crippen LogP contribution in [0.1, 0.15) is 22.2 Å². The van der Waals surface area contributed by atoms with E-state index >= 15 is 0 Å². The highest BCUT2D eigenvalue weighted by Gasteiger charge is 2.39. The highest BCUT2D eigenvalue weighted by Crippen LogP contribution is 2.36. The second-order valence-corrected chi connectivity index (χ2v) is 5.83. The SMILES string of the molecule is COC(=O)C1=C(C(=O)c2ccc(OC)cc2)[C@@H](c2ccco2)n2nnnc2N1. The van der Waals surface area contributed by atoms with Gasteiger partial charge in [0.2, 0.25) is 5.95 Å². The Bertz CT molecular complexity index is 1050. The van der Waals surface area contributed by atoms with Gasteiger partial charge >= 0.3 is 5.97 Å². The molecule has 0 amide bonds. The van der Waals surface area contributed by atoms with Crippen molar-refractivity contribution in [1.29, 1.82) is 0 Å². The number of hydrogen-bond donors (Lipinski definition) is 1. The van der Waals surface area contributed by atoms with Gasteiger partial charge in [-0.25, -0.2) is 4.79 Å². The number of esters is 1. The molecule has 0 fully saturated rings. The van der Waals surface area contributed by atoms with Crippen molar-refractivity contribution in [2.75, 3.05) is 19.5 Å². The largest absolute Gasteiger partial charge is 0.497 e. The molecule has 0 spiro atoms. The van der Waals surface area contributed by atoms with Gasteiger partial charge in [0.1, 0.15) is 23.2 Å². The molecule has 0 bridgehead atoms. The first-order valence-corrected chi connectivity index (χ1v) is 8.23. The molecule has 0 radical (unpaired) electrons. The average Bonchev–Trinajstić information content (AvgIpc) is 3.43. The number of nitrogens with one attached hydrogen (secondary N) is 1. The van der Waals surface area contributed by atoms with Crippen molar-refractivity contribution < 1.29 is 23.5 Å². The van der Waals surface area contributed by atoms with Crippen LogP contribution in [-0.4, -0.2) is 46.2 Å². The summed E-state index contributed by atoms with van der Waals surface area (Å²) in [5.41, 5.74) is 0.408. The molecule has 1 aliphatic rings. The van der Waals surface area contributed by atoms with Gasteiger partial charge in [-0.05, 0) is 46.8 Å². The van der Waals surface area contributed by atoms with E-state index in [2.05, 4.69) is 20.8 Å². The minimum atomic E-state index is -0.843. The van der Waals surface area contributed by atoms with E-state index in [1.54, 1.807) is 36.4 Å². The Morgan fingerprint density at radius 1 is 1.18 bits per heavy atom. The summed E-state index contributed by atoms with van der Waals surface area (Å²) in [5.74, 6) is 0.0630. The first kappa shape index (κ1) is 17.5. The maximum absolute atomic E-state index is 13.4. The second-order valence-electron chi connectivity index (χ2n) is 5.83. The number of ketones is 1. The summed E-state index contributed by atoms with van der Waals surface area (Å²) in [7, 11) is 2.76. The molecule has 142 valence electrons. The summed E-state index contributed by atoms with van der Waals surface area (Å²) in [4.78, 5) is 25.8. The Hall–Kier alpha value is -3.95. The molecule has 1 aromatic carbocycles. The molecular formula is C18H15N5O5. The van der Waals surface area contributed by atoms with Crippen molar-refractivity contribution in [3.05, 3.63) is 65.3 Å². The van der Waals surface area contributed by atoms with E-state index in [1.807, 2.05) is 0 Å². The van der Waals surface area contributed by atoms with Crippen LogP contribution in [-0.2, 0) is 9.53 Å². The smallest absolute Gasteiger partial charge is 0.355 e. The third-order valence-electron chi connectivity index (χ3n) is 4.32. The molecule has 28 heavy (non-hydrogen) atoms. The van der Waals surface area contributed by atoms with E-state index in [0.29, 0.717) is 17.1 Å². The molecule has 10 nitrogen and oxygen atoms in total. The molecule has 4 rings (SSSR count). The molecule has 3 heterocycles. The standard InChI is InChI=1S/C18H15N5O5/c1-26-11-7-5-10(6-8-11)16(24)13-14(17(25)27-2)19-18-20-21-22-23(18)15(13)12-4-3-9-28-12/h3-9,15H,1-2H3,(H,19,20,22)/t15-/m1/s1. The number of ether oxygens (including phenoxy) is 2. The Morgan fingerprint density at radius 2 is 1.96 bits per heavy atom. The molecular weight excluding hydrogens is 366 g/mol. The van der Waals surface area contributed by atoms with Crippen molar-refractivity contribution in [3.8, 4) is 5.75 Å². The van der Waals surface area contributed by atoms with Crippen LogP contribution < -0.4 is 10.1 Å². The normalized spacial score (nSPS) is 15.6. The molecule has 1 atom stereocenters. The van der Waals surface area contributed by atoms with Crippen molar-refractivity contribution >= 4 is 17.7 Å². The molecule has 1 aliphatic heterocycles. The number of hydrogen-bond acceptors (Lipinski definition) is 9. The maximum Gasteiger partial charge on any atom is 0.355 e. The van der Waals surface area contributed by atoms with Crippen LogP contribution in [0.4, 0.5) is 5.95 Å². The fourth-order valence-corrected chi connectivity index (χ4v) is 3.00. The summed E-state index contributed by atoms with van der Waals surface area (Å²) < 4.78 is 16.9. The van der Waals surface area contributed by atoms with Gasteiger partial charge in [0.25, 0.3) is 0 Å². The number of benzene rings is 1. The van der Waals surface area contributed by atoms with Gasteiger partial charge in [0.15, 0.2) is 5.78 Å². The van der Waals surface area contributed by atoms with E-state index < -0.39 is 17.8 Å². The van der Waals surface area contributed by atoms with Crippen molar-refractivity contribution in [2.24, 2.45) is 0 Å². The summed E-state index contributed by atoms with van der Waals surface area (Å²) in [5, 5.41) is 14.2. The molecule has 3 aromatic rings. The number of nitrogens with zero attached hydrogens (tertiary/aromatic N) is 4. The summed E-state index contributed by atoms with van der Waals surface area (Å²) in [6.45, 7) is 0. The number of fused-ring (bicyclic) bond motifs is 1. The summed E-state index contributed by atoms with van der Waals surface area (Å²) in [6.07, 6.45) is 1.47. The monoisotopic (exact) mass is 381 g/mol. The van der Waals surface area contributed by atoms with Crippen molar-refractivity contribution in [2.45, 2.75) is 6.04 Å². The Balaban J connectivity index is 1.90. The van der Waals surface area contributed by atoms with Crippen LogP contribution in [0.3, 0.4) is 0 Å². The van der Waals surface area contributed by atoms with Gasteiger partial charge in [0.05, 0.1) is 26.1 Å². The Morgan fingerprint density at radius 3 is 2.61 bits per heavy atom. The zero-order valence-corrected chi connectivity index (χ0v) is 14.9. The van der Waals surface area contributed by atoms with Gasteiger partial charge in [0, 0.05) is 5.56 Å². The average molecular weight is 381 g/mol. The third kappa shape index (κ3) is 2.80. The van der Waals surface area contributed by atoms with E-state index in [9.17, 15) is 9.59 Å². The highest BCUT2D eigenvalue weighted by molar-refractivity contribution is 6.14. The minimum absolute atomic E-state index is 0.0491. The highest BCUT2D eigenvalue weighted by atomic mass is 16.5. The quantitative estimate of drug-likeness (QED) is 0.519. The van der Waals surface area contributed by atoms with E-state index in [0.717, 1.165) is 0 Å². The predicted molar refractivity (Wildman–Crippen MR) is 94.7 cm³/mol. The number of aromatic nitrogens is 4. The molecule has 0 saturated heterocycles. The third-order valence-corrected chi connectivity index (χ3v) is 4.32. The van der Waals surface area contributed by atoms with Gasteiger partial charge in [-0.1, -0.05) is 5.10 Å². The van der Waals surface area contributed by atoms with Crippen molar-refractivity contribution in [1.82, 2.24) is 20.2 Å². The number of carbonyl (C=O) groups is 2. The van der Waals surface area contributed by atoms with Crippen LogP contribution in [0.15, 0.2) is 58.3 Å². The van der Waals surface area contributed by atoms with E-state index in [1.165, 1.54) is 25.2 Å². The molecule has 1 N–H and O–H groups in total. The van der Waals surface area contributed by atoms with E-state index in [-0.39, 0.29) is 17.2 Å². The fourth-order valence-electron chi connectivity index (χ4n) is 3.00. The first-order valence-electron chi connectivity index (χ1n) is 8.23.